The minimum Gasteiger partial charge on any atom is -0.493 e. The molecule has 27 heavy (non-hydrogen) atoms. The van der Waals surface area contributed by atoms with Crippen LogP contribution in [-0.4, -0.2) is 49.6 Å². The van der Waals surface area contributed by atoms with Crippen LogP contribution in [0.5, 0.6) is 11.5 Å². The molecule has 2 heterocycles. The summed E-state index contributed by atoms with van der Waals surface area (Å²) in [6.07, 6.45) is 1.84. The lowest BCUT2D eigenvalue weighted by atomic mass is 10.0. The molecule has 1 N–H and O–H groups in total. The Morgan fingerprint density at radius 2 is 2.00 bits per heavy atom. The highest BCUT2D eigenvalue weighted by Crippen LogP contribution is 2.40. The van der Waals surface area contributed by atoms with Crippen molar-refractivity contribution in [3.63, 3.8) is 0 Å². The maximum atomic E-state index is 13.2. The first-order valence-corrected chi connectivity index (χ1v) is 9.86. The van der Waals surface area contributed by atoms with Crippen LogP contribution < -0.4 is 14.8 Å². The molecule has 2 amide bonds. The summed E-state index contributed by atoms with van der Waals surface area (Å²) < 4.78 is 10.7. The van der Waals surface area contributed by atoms with E-state index in [1.807, 2.05) is 22.4 Å². The minimum absolute atomic E-state index is 0.0149. The second kappa shape index (κ2) is 7.23. The van der Waals surface area contributed by atoms with Crippen LogP contribution in [0.1, 0.15) is 32.9 Å². The first-order valence-electron chi connectivity index (χ1n) is 8.98. The summed E-state index contributed by atoms with van der Waals surface area (Å²) in [6, 6.07) is 9.01. The van der Waals surface area contributed by atoms with Crippen molar-refractivity contribution in [3.8, 4) is 11.5 Å². The van der Waals surface area contributed by atoms with Gasteiger partial charge in [-0.2, -0.15) is 0 Å². The first kappa shape index (κ1) is 17.9. The lowest BCUT2D eigenvalue weighted by molar-refractivity contribution is 0.0645. The number of benzene rings is 1. The molecule has 7 heteroatoms. The largest absolute Gasteiger partial charge is 0.493 e. The zero-order valence-corrected chi connectivity index (χ0v) is 16.1. The van der Waals surface area contributed by atoms with Crippen LogP contribution in [0.15, 0.2) is 35.7 Å². The number of hydrogen-bond acceptors (Lipinski definition) is 5. The molecule has 1 aromatic heterocycles. The fraction of sp³-hybridized carbons (Fsp3) is 0.400. The highest BCUT2D eigenvalue weighted by atomic mass is 32.1. The van der Waals surface area contributed by atoms with Gasteiger partial charge in [0.25, 0.3) is 11.8 Å². The van der Waals surface area contributed by atoms with Crippen molar-refractivity contribution in [2.75, 3.05) is 20.8 Å². The van der Waals surface area contributed by atoms with Crippen LogP contribution in [0.3, 0.4) is 0 Å². The number of fused-ring (bicyclic) bond motifs is 2. The molecule has 1 saturated carbocycles. The normalized spacial score (nSPS) is 23.3. The smallest absolute Gasteiger partial charge is 0.261 e. The van der Waals surface area contributed by atoms with Gasteiger partial charge in [-0.05, 0) is 42.3 Å². The van der Waals surface area contributed by atoms with Crippen molar-refractivity contribution >= 4 is 23.2 Å². The molecule has 2 fully saturated rings. The molecule has 1 aromatic carbocycles. The zero-order valence-electron chi connectivity index (χ0n) is 15.3. The quantitative estimate of drug-likeness (QED) is 0.858. The molecule has 0 radical (unpaired) electrons. The molecule has 2 aromatic rings. The van der Waals surface area contributed by atoms with Crippen molar-refractivity contribution in [1.29, 1.82) is 0 Å². The van der Waals surface area contributed by atoms with Gasteiger partial charge in [0.05, 0.1) is 30.7 Å². The molecule has 4 rings (SSSR count). The fourth-order valence-electron chi connectivity index (χ4n) is 4.27. The number of nitrogens with one attached hydrogen (secondary N) is 1. The summed E-state index contributed by atoms with van der Waals surface area (Å²) in [5, 5.41) is 5.01. The SMILES string of the molecule is COc1cccc(C(=O)N2C[C@@H]3C[C@H](NC(=O)c4cccs4)[C@H]2C3)c1OC. The van der Waals surface area contributed by atoms with Crippen molar-refractivity contribution in [3.05, 3.63) is 46.2 Å². The standard InChI is InChI=1S/C20H22N2O4S/c1-25-16-6-3-5-13(18(16)26-2)20(24)22-11-12-9-14(15(22)10-12)21-19(23)17-7-4-8-27-17/h3-8,12,14-15H,9-11H2,1-2H3,(H,21,23)/t12-,14+,15-/m1/s1. The average molecular weight is 386 g/mol. The van der Waals surface area contributed by atoms with E-state index in [0.717, 1.165) is 19.4 Å². The average Bonchev–Trinajstić information content (AvgIpc) is 3.43. The highest BCUT2D eigenvalue weighted by Gasteiger charge is 2.48. The van der Waals surface area contributed by atoms with Crippen LogP contribution in [0.25, 0.3) is 0 Å². The van der Waals surface area contributed by atoms with Gasteiger partial charge in [-0.25, -0.2) is 0 Å². The molecule has 2 bridgehead atoms. The molecule has 0 spiro atoms. The summed E-state index contributed by atoms with van der Waals surface area (Å²) in [5.74, 6) is 1.27. The van der Waals surface area contributed by atoms with E-state index in [-0.39, 0.29) is 23.9 Å². The number of methoxy groups -OCH3 is 2. The lowest BCUT2D eigenvalue weighted by Gasteiger charge is -2.34. The number of thiophene rings is 1. The Bertz CT molecular complexity index is 852. The van der Waals surface area contributed by atoms with E-state index < -0.39 is 0 Å². The highest BCUT2D eigenvalue weighted by molar-refractivity contribution is 7.12. The number of para-hydroxylation sites is 1. The van der Waals surface area contributed by atoms with E-state index >= 15 is 0 Å². The van der Waals surface area contributed by atoms with Crippen LogP contribution in [-0.2, 0) is 0 Å². The number of ether oxygens (including phenoxy) is 2. The number of likely N-dealkylation sites (tertiary alicyclic amines) is 1. The maximum Gasteiger partial charge on any atom is 0.261 e. The predicted molar refractivity (Wildman–Crippen MR) is 103 cm³/mol. The topological polar surface area (TPSA) is 67.9 Å². The van der Waals surface area contributed by atoms with Gasteiger partial charge in [-0.3, -0.25) is 9.59 Å². The Balaban J connectivity index is 1.53. The van der Waals surface area contributed by atoms with E-state index in [1.54, 1.807) is 25.3 Å². The number of amides is 2. The molecule has 1 aliphatic carbocycles. The Morgan fingerprint density at radius 3 is 2.67 bits per heavy atom. The molecule has 1 aliphatic heterocycles. The molecule has 1 saturated heterocycles. The van der Waals surface area contributed by atoms with Crippen molar-refractivity contribution in [1.82, 2.24) is 10.2 Å². The Kier molecular flexibility index (Phi) is 4.78. The third kappa shape index (κ3) is 3.16. The number of rotatable bonds is 5. The number of piperidine rings is 1. The number of hydrogen-bond donors (Lipinski definition) is 1. The van der Waals surface area contributed by atoms with Gasteiger partial charge < -0.3 is 19.7 Å². The van der Waals surface area contributed by atoms with E-state index in [4.69, 9.17) is 9.47 Å². The van der Waals surface area contributed by atoms with E-state index in [2.05, 4.69) is 5.32 Å². The Labute approximate surface area is 162 Å². The second-order valence-electron chi connectivity index (χ2n) is 6.96. The van der Waals surface area contributed by atoms with Crippen LogP contribution in [0.2, 0.25) is 0 Å². The van der Waals surface area contributed by atoms with Gasteiger partial charge in [0.2, 0.25) is 0 Å². The van der Waals surface area contributed by atoms with Crippen molar-refractivity contribution in [2.45, 2.75) is 24.9 Å². The summed E-state index contributed by atoms with van der Waals surface area (Å²) in [7, 11) is 3.09. The van der Waals surface area contributed by atoms with Gasteiger partial charge in [0.1, 0.15) is 0 Å². The molecule has 6 nitrogen and oxygen atoms in total. The number of carbonyl (C=O) groups excluding carboxylic acids is 2. The van der Waals surface area contributed by atoms with E-state index in [9.17, 15) is 9.59 Å². The summed E-state index contributed by atoms with van der Waals surface area (Å²) in [4.78, 5) is 28.2. The van der Waals surface area contributed by atoms with Crippen LogP contribution >= 0.6 is 11.3 Å². The van der Waals surface area contributed by atoms with Gasteiger partial charge in [0.15, 0.2) is 11.5 Å². The zero-order chi connectivity index (χ0) is 19.0. The number of nitrogens with zero attached hydrogens (tertiary/aromatic N) is 1. The van der Waals surface area contributed by atoms with Crippen molar-refractivity contribution in [2.24, 2.45) is 5.92 Å². The monoisotopic (exact) mass is 386 g/mol. The minimum atomic E-state index is -0.0756. The molecule has 0 unspecified atom stereocenters. The molecular formula is C20H22N2O4S. The van der Waals surface area contributed by atoms with Crippen LogP contribution in [0.4, 0.5) is 0 Å². The lowest BCUT2D eigenvalue weighted by Crippen LogP contribution is -2.51. The maximum absolute atomic E-state index is 13.2. The summed E-state index contributed by atoms with van der Waals surface area (Å²) in [6.45, 7) is 0.717. The molecular weight excluding hydrogens is 364 g/mol. The second-order valence-corrected chi connectivity index (χ2v) is 7.91. The summed E-state index contributed by atoms with van der Waals surface area (Å²) in [5.41, 5.74) is 0.493. The van der Waals surface area contributed by atoms with Gasteiger partial charge in [-0.15, -0.1) is 11.3 Å². The van der Waals surface area contributed by atoms with Gasteiger partial charge >= 0.3 is 0 Å². The van der Waals surface area contributed by atoms with Gasteiger partial charge in [0, 0.05) is 12.6 Å². The molecule has 2 aliphatic rings. The Morgan fingerprint density at radius 1 is 1.15 bits per heavy atom. The van der Waals surface area contributed by atoms with Gasteiger partial charge in [-0.1, -0.05) is 12.1 Å². The van der Waals surface area contributed by atoms with Crippen molar-refractivity contribution < 1.29 is 19.1 Å². The number of carbonyl (C=O) groups is 2. The predicted octanol–water partition coefficient (Wildman–Crippen LogP) is 2.80. The van der Waals surface area contributed by atoms with Crippen LogP contribution in [0, 0.1) is 5.92 Å². The molecule has 3 atom stereocenters. The van der Waals surface area contributed by atoms with E-state index in [1.165, 1.54) is 18.4 Å². The first-order chi connectivity index (χ1) is 13.1. The Hall–Kier alpha value is -2.54. The third-order valence-corrected chi connectivity index (χ3v) is 6.31. The van der Waals surface area contributed by atoms with E-state index in [0.29, 0.717) is 27.9 Å². The summed E-state index contributed by atoms with van der Waals surface area (Å²) >= 11 is 1.42. The molecule has 142 valence electrons. The fourth-order valence-corrected chi connectivity index (χ4v) is 4.90. The third-order valence-electron chi connectivity index (χ3n) is 5.44.